The van der Waals surface area contributed by atoms with Crippen LogP contribution in [0.5, 0.6) is 0 Å². The Morgan fingerprint density at radius 3 is 2.55 bits per heavy atom. The van der Waals surface area contributed by atoms with Crippen molar-refractivity contribution in [1.29, 1.82) is 0 Å². The Morgan fingerprint density at radius 2 is 1.91 bits per heavy atom. The zero-order valence-corrected chi connectivity index (χ0v) is 13.6. The average Bonchev–Trinajstić information content (AvgIpc) is 2.90. The van der Waals surface area contributed by atoms with E-state index >= 15 is 0 Å². The van der Waals surface area contributed by atoms with E-state index in [1.807, 2.05) is 19.1 Å². The van der Waals surface area contributed by atoms with Gasteiger partial charge in [-0.15, -0.1) is 0 Å². The van der Waals surface area contributed by atoms with Crippen molar-refractivity contribution >= 4 is 11.6 Å². The number of unbranched alkanes of at least 4 members (excludes halogenated alkanes) is 2. The highest BCUT2D eigenvalue weighted by molar-refractivity contribution is 6.05. The third kappa shape index (κ3) is 3.97. The van der Waals surface area contributed by atoms with Gasteiger partial charge in [-0.3, -0.25) is 4.79 Å². The standard InChI is InChI=1S/C18H24N2O2/c1-4-6-7-8-14-9-11-15(12-10-14)19-18(21)17-13(3)20-22-16(17)5-2/h9-12H,4-8H2,1-3H3,(H,19,21). The summed E-state index contributed by atoms with van der Waals surface area (Å²) in [6, 6.07) is 8.06. The lowest BCUT2D eigenvalue weighted by atomic mass is 10.1. The highest BCUT2D eigenvalue weighted by atomic mass is 16.5. The summed E-state index contributed by atoms with van der Waals surface area (Å²) >= 11 is 0. The van der Waals surface area contributed by atoms with Gasteiger partial charge in [0, 0.05) is 12.1 Å². The zero-order valence-electron chi connectivity index (χ0n) is 13.6. The fourth-order valence-electron chi connectivity index (χ4n) is 2.48. The molecule has 0 fully saturated rings. The van der Waals surface area contributed by atoms with Crippen molar-refractivity contribution in [2.45, 2.75) is 52.9 Å². The van der Waals surface area contributed by atoms with Crippen LogP contribution in [0.1, 0.15) is 60.5 Å². The molecule has 0 saturated carbocycles. The summed E-state index contributed by atoms with van der Waals surface area (Å²) in [6.45, 7) is 5.94. The molecule has 4 nitrogen and oxygen atoms in total. The van der Waals surface area contributed by atoms with Gasteiger partial charge in [-0.1, -0.05) is 44.0 Å². The Morgan fingerprint density at radius 1 is 1.18 bits per heavy atom. The molecule has 0 unspecified atom stereocenters. The number of nitrogens with zero attached hydrogens (tertiary/aromatic N) is 1. The molecular formula is C18H24N2O2. The smallest absolute Gasteiger partial charge is 0.261 e. The maximum absolute atomic E-state index is 12.4. The van der Waals surface area contributed by atoms with Gasteiger partial charge in [0.15, 0.2) is 0 Å². The Labute approximate surface area is 131 Å². The topological polar surface area (TPSA) is 55.1 Å². The first-order chi connectivity index (χ1) is 10.7. The summed E-state index contributed by atoms with van der Waals surface area (Å²) < 4.78 is 5.17. The molecule has 0 aliphatic heterocycles. The molecule has 1 heterocycles. The van der Waals surface area contributed by atoms with Crippen molar-refractivity contribution in [3.63, 3.8) is 0 Å². The second kappa shape index (κ2) is 7.78. The van der Waals surface area contributed by atoms with Gasteiger partial charge in [0.1, 0.15) is 11.3 Å². The molecule has 1 amide bonds. The van der Waals surface area contributed by atoms with E-state index < -0.39 is 0 Å². The number of nitrogens with one attached hydrogen (secondary N) is 1. The number of aromatic nitrogens is 1. The summed E-state index contributed by atoms with van der Waals surface area (Å²) in [5.41, 5.74) is 3.29. The molecule has 0 aliphatic rings. The van der Waals surface area contributed by atoms with Crippen molar-refractivity contribution in [2.24, 2.45) is 0 Å². The first-order valence-electron chi connectivity index (χ1n) is 8.01. The van der Waals surface area contributed by atoms with Crippen LogP contribution in [-0.4, -0.2) is 11.1 Å². The predicted molar refractivity (Wildman–Crippen MR) is 88.2 cm³/mol. The minimum atomic E-state index is -0.158. The van der Waals surface area contributed by atoms with E-state index in [0.29, 0.717) is 23.4 Å². The van der Waals surface area contributed by atoms with Gasteiger partial charge >= 0.3 is 0 Å². The van der Waals surface area contributed by atoms with Crippen LogP contribution < -0.4 is 5.32 Å². The van der Waals surface area contributed by atoms with Gasteiger partial charge in [-0.2, -0.15) is 0 Å². The van der Waals surface area contributed by atoms with Crippen molar-refractivity contribution in [3.05, 3.63) is 46.8 Å². The first-order valence-corrected chi connectivity index (χ1v) is 8.01. The van der Waals surface area contributed by atoms with Gasteiger partial charge in [-0.05, 0) is 37.5 Å². The van der Waals surface area contributed by atoms with Crippen molar-refractivity contribution < 1.29 is 9.32 Å². The molecule has 0 aliphatic carbocycles. The Hall–Kier alpha value is -2.10. The number of aryl methyl sites for hydroxylation is 3. The van der Waals surface area contributed by atoms with E-state index in [9.17, 15) is 4.79 Å². The minimum Gasteiger partial charge on any atom is -0.360 e. The maximum Gasteiger partial charge on any atom is 0.261 e. The summed E-state index contributed by atoms with van der Waals surface area (Å²) in [6.07, 6.45) is 5.44. The SMILES string of the molecule is CCCCCc1ccc(NC(=O)c2c(C)noc2CC)cc1. The number of benzene rings is 1. The number of hydrogen-bond acceptors (Lipinski definition) is 3. The van der Waals surface area contributed by atoms with Gasteiger partial charge < -0.3 is 9.84 Å². The van der Waals surface area contributed by atoms with Crippen molar-refractivity contribution in [3.8, 4) is 0 Å². The van der Waals surface area contributed by atoms with Crippen molar-refractivity contribution in [2.75, 3.05) is 5.32 Å². The average molecular weight is 300 g/mol. The van der Waals surface area contributed by atoms with E-state index in [1.165, 1.54) is 24.8 Å². The summed E-state index contributed by atoms with van der Waals surface area (Å²) in [5.74, 6) is 0.473. The third-order valence-corrected chi connectivity index (χ3v) is 3.76. The van der Waals surface area contributed by atoms with Gasteiger partial charge in [-0.25, -0.2) is 0 Å². The highest BCUT2D eigenvalue weighted by Gasteiger charge is 2.19. The molecule has 0 saturated heterocycles. The molecule has 2 rings (SSSR count). The molecular weight excluding hydrogens is 276 g/mol. The molecule has 2 aromatic rings. The van der Waals surface area contributed by atoms with E-state index in [1.54, 1.807) is 6.92 Å². The van der Waals surface area contributed by atoms with Gasteiger partial charge in [0.05, 0.1) is 5.69 Å². The molecule has 0 spiro atoms. The van der Waals surface area contributed by atoms with Crippen molar-refractivity contribution in [1.82, 2.24) is 5.16 Å². The number of carbonyl (C=O) groups is 1. The fourth-order valence-corrected chi connectivity index (χ4v) is 2.48. The molecule has 0 radical (unpaired) electrons. The Bertz CT molecular complexity index is 615. The van der Waals surface area contributed by atoms with Crippen LogP contribution in [0.15, 0.2) is 28.8 Å². The molecule has 1 aromatic heterocycles. The molecule has 118 valence electrons. The molecule has 1 aromatic carbocycles. The van der Waals surface area contributed by atoms with Gasteiger partial charge in [0.2, 0.25) is 0 Å². The van der Waals surface area contributed by atoms with Crippen LogP contribution >= 0.6 is 0 Å². The normalized spacial score (nSPS) is 10.7. The Kier molecular flexibility index (Phi) is 5.75. The van der Waals surface area contributed by atoms with Gasteiger partial charge in [0.25, 0.3) is 5.91 Å². The summed E-state index contributed by atoms with van der Waals surface area (Å²) in [7, 11) is 0. The minimum absolute atomic E-state index is 0.158. The predicted octanol–water partition coefficient (Wildman–Crippen LogP) is 4.53. The number of carbonyl (C=O) groups excluding carboxylic acids is 1. The number of hydrogen-bond donors (Lipinski definition) is 1. The molecule has 0 bridgehead atoms. The van der Waals surface area contributed by atoms with Crippen LogP contribution in [0, 0.1) is 6.92 Å². The molecule has 1 N–H and O–H groups in total. The lowest BCUT2D eigenvalue weighted by molar-refractivity contribution is 0.102. The van der Waals surface area contributed by atoms with E-state index in [2.05, 4.69) is 29.5 Å². The van der Waals surface area contributed by atoms with Crippen LogP contribution in [0.3, 0.4) is 0 Å². The zero-order chi connectivity index (χ0) is 15.9. The number of anilines is 1. The van der Waals surface area contributed by atoms with Crippen LogP contribution in [0.25, 0.3) is 0 Å². The summed E-state index contributed by atoms with van der Waals surface area (Å²) in [4.78, 5) is 12.4. The van der Waals surface area contributed by atoms with Crippen LogP contribution in [0.2, 0.25) is 0 Å². The number of amides is 1. The molecule has 22 heavy (non-hydrogen) atoms. The quantitative estimate of drug-likeness (QED) is 0.764. The third-order valence-electron chi connectivity index (χ3n) is 3.76. The fraction of sp³-hybridized carbons (Fsp3) is 0.444. The maximum atomic E-state index is 12.4. The monoisotopic (exact) mass is 300 g/mol. The second-order valence-corrected chi connectivity index (χ2v) is 5.53. The lowest BCUT2D eigenvalue weighted by Crippen LogP contribution is -2.14. The lowest BCUT2D eigenvalue weighted by Gasteiger charge is -2.07. The van der Waals surface area contributed by atoms with E-state index in [0.717, 1.165) is 12.1 Å². The largest absolute Gasteiger partial charge is 0.360 e. The van der Waals surface area contributed by atoms with Crippen LogP contribution in [0.4, 0.5) is 5.69 Å². The molecule has 4 heteroatoms. The van der Waals surface area contributed by atoms with E-state index in [4.69, 9.17) is 4.52 Å². The summed E-state index contributed by atoms with van der Waals surface area (Å²) in [5, 5.41) is 6.79. The van der Waals surface area contributed by atoms with Crippen LogP contribution in [-0.2, 0) is 12.8 Å². The number of rotatable bonds is 7. The Balaban J connectivity index is 2.01. The second-order valence-electron chi connectivity index (χ2n) is 5.53. The van der Waals surface area contributed by atoms with E-state index in [-0.39, 0.29) is 5.91 Å². The first kappa shape index (κ1) is 16.3. The molecule has 0 atom stereocenters. The highest BCUT2D eigenvalue weighted by Crippen LogP contribution is 2.18.